The molecule has 0 bridgehead atoms. The van der Waals surface area contributed by atoms with E-state index in [1.54, 1.807) is 41.3 Å². The molecule has 0 aliphatic carbocycles. The summed E-state index contributed by atoms with van der Waals surface area (Å²) in [6.07, 6.45) is 3.63. The van der Waals surface area contributed by atoms with Gasteiger partial charge >= 0.3 is 12.4 Å². The Kier molecular flexibility index (Phi) is 9.16. The van der Waals surface area contributed by atoms with Gasteiger partial charge in [-0.3, -0.25) is 0 Å². The average molecular weight is 788 g/mol. The number of benzene rings is 2. The third-order valence-corrected chi connectivity index (χ3v) is 10.5. The van der Waals surface area contributed by atoms with Crippen LogP contribution in [0.2, 0.25) is 0 Å². The van der Waals surface area contributed by atoms with Gasteiger partial charge in [0.25, 0.3) is 0 Å². The molecule has 17 heteroatoms. The van der Waals surface area contributed by atoms with Gasteiger partial charge in [0.15, 0.2) is 0 Å². The Morgan fingerprint density at radius 1 is 0.596 bits per heavy atom. The maximum Gasteiger partial charge on any atom is 0.421 e. The van der Waals surface area contributed by atoms with E-state index < -0.39 is 35.2 Å². The van der Waals surface area contributed by atoms with E-state index in [9.17, 15) is 26.3 Å². The van der Waals surface area contributed by atoms with Gasteiger partial charge in [-0.05, 0) is 99.2 Å². The monoisotopic (exact) mass is 787 g/mol. The quantitative estimate of drug-likeness (QED) is 0.171. The lowest BCUT2D eigenvalue weighted by Crippen LogP contribution is -2.40. The highest BCUT2D eigenvalue weighted by Gasteiger charge is 2.38. The maximum atomic E-state index is 14.0. The van der Waals surface area contributed by atoms with Crippen LogP contribution in [0.25, 0.3) is 5.70 Å². The molecule has 2 aromatic carbocycles. The van der Waals surface area contributed by atoms with Crippen molar-refractivity contribution in [2.24, 2.45) is 20.0 Å². The molecular weight excluding hydrogens is 752 g/mol. The Bertz CT molecular complexity index is 2270. The summed E-state index contributed by atoms with van der Waals surface area (Å²) < 4.78 is 94.5. The highest BCUT2D eigenvalue weighted by Crippen LogP contribution is 2.42. The zero-order chi connectivity index (χ0) is 39.3. The minimum Gasteiger partial charge on any atom is -0.448 e. The predicted octanol–water partition coefficient (Wildman–Crippen LogP) is 10.2. The van der Waals surface area contributed by atoms with Crippen LogP contribution in [-0.4, -0.2) is 55.0 Å². The molecule has 0 amide bonds. The minimum absolute atomic E-state index is 0.218. The lowest BCUT2D eigenvalue weighted by atomic mass is 10.0. The summed E-state index contributed by atoms with van der Waals surface area (Å²) in [7, 11) is 0. The lowest BCUT2D eigenvalue weighted by Gasteiger charge is -2.33. The SMILES string of the molecule is FC(F)(F)c1ccoc1Nc1cc(N2CCCCC2)ccc1C1=CC2=CC(c3ccc(N4CCCCC4)cc3Nc3occc3C(F)(F)F)=NC3=NC=NC(=N1)N23. The van der Waals surface area contributed by atoms with Gasteiger partial charge in [0.05, 0.1) is 41.0 Å². The smallest absolute Gasteiger partial charge is 0.421 e. The zero-order valence-corrected chi connectivity index (χ0v) is 30.3. The van der Waals surface area contributed by atoms with Gasteiger partial charge in [-0.25, -0.2) is 24.9 Å². The molecule has 11 nitrogen and oxygen atoms in total. The van der Waals surface area contributed by atoms with E-state index in [4.69, 9.17) is 18.8 Å². The fourth-order valence-corrected chi connectivity index (χ4v) is 7.65. The maximum absolute atomic E-state index is 14.0. The Labute approximate surface area is 322 Å². The molecule has 0 unspecified atom stereocenters. The molecule has 2 fully saturated rings. The summed E-state index contributed by atoms with van der Waals surface area (Å²) in [5, 5.41) is 5.80. The summed E-state index contributed by atoms with van der Waals surface area (Å²) in [6.45, 7) is 3.25. The van der Waals surface area contributed by atoms with Crippen LogP contribution in [0.4, 0.5) is 60.9 Å². The largest absolute Gasteiger partial charge is 0.448 e. The minimum atomic E-state index is -4.66. The van der Waals surface area contributed by atoms with E-state index in [1.807, 2.05) is 12.1 Å². The summed E-state index contributed by atoms with van der Waals surface area (Å²) in [6, 6.07) is 12.8. The highest BCUT2D eigenvalue weighted by atomic mass is 19.4. The standard InChI is InChI=1S/C40H35F6N9O2/c41-39(42,43)29-11-17-56-35(29)49-31-19-24(53-13-3-1-4-14-53)7-9-27(31)33-21-26-22-34(52-38-48-23-47-37(51-33)55(26)38)28-10-8-25(54-15-5-2-6-16-54)20-32(28)50-36-30(12-18-57-36)40(44,45)46/h7-12,17-23,49-50H,1-6,13-16H2. The van der Waals surface area contributed by atoms with Gasteiger partial charge in [0.1, 0.15) is 17.5 Å². The summed E-state index contributed by atoms with van der Waals surface area (Å²) in [4.78, 5) is 24.4. The number of guanidine groups is 2. The number of alkyl halides is 6. The van der Waals surface area contributed by atoms with Crippen LogP contribution < -0.4 is 20.4 Å². The topological polar surface area (TPSA) is 110 Å². The molecule has 0 spiro atoms. The van der Waals surface area contributed by atoms with Crippen LogP contribution in [0.3, 0.4) is 0 Å². The molecule has 5 aliphatic rings. The van der Waals surface area contributed by atoms with E-state index in [2.05, 4.69) is 30.4 Å². The third-order valence-electron chi connectivity index (χ3n) is 10.5. The van der Waals surface area contributed by atoms with Crippen LogP contribution in [0, 0.1) is 0 Å². The number of piperidine rings is 2. The number of halogens is 6. The zero-order valence-electron chi connectivity index (χ0n) is 30.3. The van der Waals surface area contributed by atoms with Crippen molar-refractivity contribution in [3.8, 4) is 0 Å². The van der Waals surface area contributed by atoms with Crippen LogP contribution in [0.15, 0.2) is 108 Å². The van der Waals surface area contributed by atoms with Gasteiger partial charge in [0, 0.05) is 48.7 Å². The summed E-state index contributed by atoms with van der Waals surface area (Å²) in [5.41, 5.74) is 2.67. The highest BCUT2D eigenvalue weighted by molar-refractivity contribution is 6.24. The molecule has 9 rings (SSSR count). The van der Waals surface area contributed by atoms with Crippen LogP contribution in [-0.2, 0) is 12.4 Å². The van der Waals surface area contributed by atoms with Crippen molar-refractivity contribution < 1.29 is 35.2 Å². The molecule has 2 aromatic heterocycles. The van der Waals surface area contributed by atoms with E-state index >= 15 is 0 Å². The van der Waals surface area contributed by atoms with Crippen molar-refractivity contribution in [2.75, 3.05) is 46.6 Å². The molecule has 5 aliphatic heterocycles. The van der Waals surface area contributed by atoms with E-state index in [0.717, 1.165) is 101 Å². The molecule has 0 atom stereocenters. The van der Waals surface area contributed by atoms with Crippen LogP contribution >= 0.6 is 0 Å². The molecule has 294 valence electrons. The van der Waals surface area contributed by atoms with Crippen LogP contribution in [0.1, 0.15) is 60.8 Å². The molecule has 0 saturated carbocycles. The van der Waals surface area contributed by atoms with Crippen molar-refractivity contribution in [3.05, 3.63) is 101 Å². The fraction of sp³-hybridized carbons (Fsp3) is 0.300. The summed E-state index contributed by atoms with van der Waals surface area (Å²) in [5.74, 6) is -0.480. The number of nitrogens with zero attached hydrogens (tertiary/aromatic N) is 7. The predicted molar refractivity (Wildman–Crippen MR) is 207 cm³/mol. The molecule has 2 N–H and O–H groups in total. The number of allylic oxidation sites excluding steroid dienone is 2. The normalized spacial score (nSPS) is 18.4. The van der Waals surface area contributed by atoms with Crippen molar-refractivity contribution in [3.63, 3.8) is 0 Å². The number of hydrogen-bond acceptors (Lipinski definition) is 11. The Morgan fingerprint density at radius 3 is 1.70 bits per heavy atom. The molecule has 0 radical (unpaired) electrons. The van der Waals surface area contributed by atoms with Crippen molar-refractivity contribution in [1.82, 2.24) is 4.90 Å². The van der Waals surface area contributed by atoms with Crippen molar-refractivity contribution in [1.29, 1.82) is 0 Å². The Morgan fingerprint density at radius 2 is 1.14 bits per heavy atom. The first kappa shape index (κ1) is 36.4. The second-order valence-electron chi connectivity index (χ2n) is 14.1. The fourth-order valence-electron chi connectivity index (χ4n) is 7.65. The van der Waals surface area contributed by atoms with E-state index in [0.29, 0.717) is 39.6 Å². The Hall–Kier alpha value is -6.26. The van der Waals surface area contributed by atoms with Gasteiger partial charge < -0.3 is 29.3 Å². The van der Waals surface area contributed by atoms with Crippen molar-refractivity contribution in [2.45, 2.75) is 50.9 Å². The molecule has 7 heterocycles. The number of aliphatic imine (C=N–C) groups is 4. The van der Waals surface area contributed by atoms with Crippen LogP contribution in [0.5, 0.6) is 0 Å². The van der Waals surface area contributed by atoms with Gasteiger partial charge in [0.2, 0.25) is 23.7 Å². The summed E-state index contributed by atoms with van der Waals surface area (Å²) >= 11 is 0. The number of hydrogen-bond donors (Lipinski definition) is 2. The number of furan rings is 2. The van der Waals surface area contributed by atoms with E-state index in [1.165, 1.54) is 6.34 Å². The lowest BCUT2D eigenvalue weighted by molar-refractivity contribution is -0.138. The molecular formula is C40H35F6N9O2. The number of anilines is 6. The first-order valence-electron chi connectivity index (χ1n) is 18.6. The molecule has 4 aromatic rings. The van der Waals surface area contributed by atoms with Gasteiger partial charge in [-0.2, -0.15) is 26.3 Å². The molecule has 57 heavy (non-hydrogen) atoms. The Balaban J connectivity index is 1.13. The van der Waals surface area contributed by atoms with E-state index in [-0.39, 0.29) is 11.9 Å². The first-order chi connectivity index (χ1) is 27.5. The number of nitrogens with one attached hydrogen (secondary N) is 2. The first-order valence-corrected chi connectivity index (χ1v) is 18.6. The number of rotatable bonds is 8. The second-order valence-corrected chi connectivity index (χ2v) is 14.1. The van der Waals surface area contributed by atoms with Gasteiger partial charge in [-0.15, -0.1) is 0 Å². The third kappa shape index (κ3) is 7.17. The molecule has 2 saturated heterocycles. The second kappa shape index (κ2) is 14.4. The van der Waals surface area contributed by atoms with Gasteiger partial charge in [-0.1, -0.05) is 0 Å². The average Bonchev–Trinajstić information content (AvgIpc) is 3.89. The van der Waals surface area contributed by atoms with Crippen molar-refractivity contribution >= 4 is 64.2 Å².